The molecule has 1 heterocycles. The van der Waals surface area contributed by atoms with Gasteiger partial charge in [0.1, 0.15) is 34.7 Å². The summed E-state index contributed by atoms with van der Waals surface area (Å²) < 4.78 is 23.4. The second-order valence-corrected chi connectivity index (χ2v) is 11.7. The Morgan fingerprint density at radius 1 is 0.915 bits per heavy atom. The fraction of sp³-hybridized carbons (Fsp3) is 0.389. The number of benzene rings is 3. The second kappa shape index (κ2) is 14.0. The van der Waals surface area contributed by atoms with Crippen LogP contribution < -0.4 is 29.6 Å². The van der Waals surface area contributed by atoms with Gasteiger partial charge in [0, 0.05) is 36.7 Å². The number of amides is 2. The molecule has 0 spiro atoms. The van der Waals surface area contributed by atoms with E-state index in [4.69, 9.17) is 24.1 Å². The summed E-state index contributed by atoms with van der Waals surface area (Å²) in [6.07, 6.45) is 0.959. The summed E-state index contributed by atoms with van der Waals surface area (Å²) in [6.45, 7) is 2.07. The molecule has 250 valence electrons. The molecule has 0 unspecified atom stereocenters. The molecule has 0 aromatic heterocycles. The summed E-state index contributed by atoms with van der Waals surface area (Å²) in [5.74, 6) is -1.32. The third-order valence-electron chi connectivity index (χ3n) is 9.19. The number of aliphatic hydroxyl groups is 3. The summed E-state index contributed by atoms with van der Waals surface area (Å²) in [5, 5.41) is 40.2. The Kier molecular flexibility index (Phi) is 10.1. The van der Waals surface area contributed by atoms with E-state index in [1.165, 1.54) is 20.3 Å². The van der Waals surface area contributed by atoms with Crippen molar-refractivity contribution in [2.24, 2.45) is 5.92 Å². The molecule has 2 bridgehead atoms. The monoisotopic (exact) mass is 646 g/mol. The first-order valence-electron chi connectivity index (χ1n) is 15.6. The third-order valence-corrected chi connectivity index (χ3v) is 9.19. The predicted octanol–water partition coefficient (Wildman–Crippen LogP) is 2.91. The number of unbranched alkanes of at least 4 members (excludes halogenated alkanes) is 1. The van der Waals surface area contributed by atoms with Crippen molar-refractivity contribution in [2.75, 3.05) is 41.0 Å². The fourth-order valence-corrected chi connectivity index (χ4v) is 6.93. The Balaban J connectivity index is 1.56. The molecule has 5 rings (SSSR count). The minimum atomic E-state index is -2.03. The lowest BCUT2D eigenvalue weighted by molar-refractivity contribution is -0.159. The van der Waals surface area contributed by atoms with Gasteiger partial charge in [0.25, 0.3) is 0 Å². The number of methoxy groups -OCH3 is 3. The number of ether oxygens (including phenoxy) is 4. The number of nitrogens with one attached hydrogen (secondary N) is 2. The van der Waals surface area contributed by atoms with Gasteiger partial charge in [-0.3, -0.25) is 9.59 Å². The molecule has 2 amide bonds. The van der Waals surface area contributed by atoms with Gasteiger partial charge in [-0.2, -0.15) is 0 Å². The molecule has 11 heteroatoms. The van der Waals surface area contributed by atoms with Gasteiger partial charge in [-0.15, -0.1) is 0 Å². The Labute approximate surface area is 274 Å². The first-order valence-corrected chi connectivity index (χ1v) is 15.6. The first kappa shape index (κ1) is 33.8. The van der Waals surface area contributed by atoms with Gasteiger partial charge in [0.2, 0.25) is 11.8 Å². The number of aliphatic hydroxyl groups excluding tert-OH is 2. The molecule has 0 radical (unpaired) electrons. The van der Waals surface area contributed by atoms with E-state index >= 15 is 0 Å². The quantitative estimate of drug-likeness (QED) is 0.139. The van der Waals surface area contributed by atoms with Crippen LogP contribution in [0.15, 0.2) is 78.4 Å². The summed E-state index contributed by atoms with van der Waals surface area (Å²) in [6, 6.07) is 19.3. The van der Waals surface area contributed by atoms with Gasteiger partial charge in [-0.05, 0) is 43.0 Å². The molecule has 11 nitrogen and oxygen atoms in total. The summed E-state index contributed by atoms with van der Waals surface area (Å²) >= 11 is 0. The number of hydrogen-bond acceptors (Lipinski definition) is 9. The summed E-state index contributed by atoms with van der Waals surface area (Å²) in [4.78, 5) is 26.6. The fourth-order valence-electron chi connectivity index (χ4n) is 6.93. The zero-order valence-electron chi connectivity index (χ0n) is 27.0. The van der Waals surface area contributed by atoms with Crippen LogP contribution in [0.2, 0.25) is 0 Å². The topological polar surface area (TPSA) is 156 Å². The van der Waals surface area contributed by atoms with Crippen molar-refractivity contribution < 1.29 is 43.9 Å². The lowest BCUT2D eigenvalue weighted by Crippen LogP contribution is -2.56. The molecule has 0 saturated heterocycles. The van der Waals surface area contributed by atoms with Gasteiger partial charge < -0.3 is 44.9 Å². The zero-order valence-corrected chi connectivity index (χ0v) is 27.0. The van der Waals surface area contributed by atoms with Gasteiger partial charge in [0.05, 0.1) is 39.4 Å². The van der Waals surface area contributed by atoms with Crippen LogP contribution in [0.1, 0.15) is 42.4 Å². The Bertz CT molecular complexity index is 1610. The molecule has 1 fully saturated rings. The lowest BCUT2D eigenvalue weighted by Gasteiger charge is -2.45. The van der Waals surface area contributed by atoms with Gasteiger partial charge in [0.15, 0.2) is 5.60 Å². The molecule has 1 aliphatic carbocycles. The van der Waals surface area contributed by atoms with E-state index in [1.807, 2.05) is 30.3 Å². The van der Waals surface area contributed by atoms with E-state index in [9.17, 15) is 19.8 Å². The molecule has 5 atom stereocenters. The minimum absolute atomic E-state index is 0.215. The zero-order chi connectivity index (χ0) is 33.8. The van der Waals surface area contributed by atoms with E-state index in [0.29, 0.717) is 47.6 Å². The van der Waals surface area contributed by atoms with Crippen LogP contribution in [0, 0.1) is 5.92 Å². The highest BCUT2D eigenvalue weighted by molar-refractivity contribution is 5.92. The number of carbonyl (C=O) groups excluding carboxylic acids is 2. The van der Waals surface area contributed by atoms with Crippen molar-refractivity contribution in [3.8, 4) is 23.0 Å². The maximum Gasteiger partial charge on any atom is 0.246 e. The maximum atomic E-state index is 14.5. The van der Waals surface area contributed by atoms with Crippen molar-refractivity contribution in [2.45, 2.75) is 43.0 Å². The van der Waals surface area contributed by atoms with E-state index in [-0.39, 0.29) is 36.1 Å². The number of fused-ring (bicyclic) bond motifs is 4. The Morgan fingerprint density at radius 3 is 2.19 bits per heavy atom. The van der Waals surface area contributed by atoms with Crippen LogP contribution in [0.4, 0.5) is 0 Å². The third kappa shape index (κ3) is 5.90. The van der Waals surface area contributed by atoms with Crippen molar-refractivity contribution in [3.63, 3.8) is 0 Å². The first-order chi connectivity index (χ1) is 22.7. The Hall–Kier alpha value is -4.58. The van der Waals surface area contributed by atoms with Crippen LogP contribution in [0.25, 0.3) is 0 Å². The SMILES string of the molecule is COc1ccc([C@]23Oc4cc(OC)cc(OC)c4[C@](O)([C@H]2O)[C@@H](c2ccccc2)[C@@H]3C(=O)NCCCCNC(=O)/C(C)=C/CO)cc1. The van der Waals surface area contributed by atoms with Crippen LogP contribution in [-0.2, 0) is 20.8 Å². The van der Waals surface area contributed by atoms with E-state index in [0.717, 1.165) is 0 Å². The Morgan fingerprint density at radius 2 is 1.57 bits per heavy atom. The second-order valence-electron chi connectivity index (χ2n) is 11.7. The molecule has 3 aromatic carbocycles. The predicted molar refractivity (Wildman–Crippen MR) is 174 cm³/mol. The van der Waals surface area contributed by atoms with Crippen LogP contribution >= 0.6 is 0 Å². The van der Waals surface area contributed by atoms with E-state index in [1.54, 1.807) is 50.4 Å². The van der Waals surface area contributed by atoms with Crippen LogP contribution in [0.3, 0.4) is 0 Å². The normalized spacial score (nSPS) is 24.5. The average molecular weight is 647 g/mol. The highest BCUT2D eigenvalue weighted by atomic mass is 16.5. The van der Waals surface area contributed by atoms with E-state index in [2.05, 4.69) is 10.6 Å². The molecular formula is C36H42N2O9. The maximum absolute atomic E-state index is 14.5. The molecule has 5 N–H and O–H groups in total. The van der Waals surface area contributed by atoms with Crippen molar-refractivity contribution in [1.82, 2.24) is 10.6 Å². The van der Waals surface area contributed by atoms with Crippen LogP contribution in [0.5, 0.6) is 23.0 Å². The summed E-state index contributed by atoms with van der Waals surface area (Å²) in [7, 11) is 4.50. The van der Waals surface area contributed by atoms with Crippen molar-refractivity contribution >= 4 is 11.8 Å². The van der Waals surface area contributed by atoms with E-state index < -0.39 is 35.0 Å². The number of rotatable bonds is 13. The largest absolute Gasteiger partial charge is 0.497 e. The van der Waals surface area contributed by atoms with Crippen molar-refractivity contribution in [1.29, 1.82) is 0 Å². The number of hydrogen-bond donors (Lipinski definition) is 5. The van der Waals surface area contributed by atoms with Gasteiger partial charge >= 0.3 is 0 Å². The molecule has 47 heavy (non-hydrogen) atoms. The molecular weight excluding hydrogens is 604 g/mol. The molecule has 1 aliphatic heterocycles. The van der Waals surface area contributed by atoms with Gasteiger partial charge in [-0.1, -0.05) is 48.5 Å². The van der Waals surface area contributed by atoms with Gasteiger partial charge in [-0.25, -0.2) is 0 Å². The van der Waals surface area contributed by atoms with Crippen molar-refractivity contribution in [3.05, 3.63) is 95.1 Å². The highest BCUT2D eigenvalue weighted by Gasteiger charge is 2.76. The smallest absolute Gasteiger partial charge is 0.246 e. The minimum Gasteiger partial charge on any atom is -0.497 e. The number of carbonyl (C=O) groups is 2. The summed E-state index contributed by atoms with van der Waals surface area (Å²) in [5.41, 5.74) is -2.00. The molecule has 1 saturated carbocycles. The average Bonchev–Trinajstić information content (AvgIpc) is 3.22. The standard InChI is InChI=1S/C36H42N2O9/c1-22(16-19-39)32(40)37-17-8-9-18-38-33(41)31-29(23-10-6-5-7-11-23)35(43)30-27(46-4)20-26(45-3)21-28(30)47-36(31,34(35)42)24-12-14-25(44-2)15-13-24/h5-7,10-16,20-21,29,31,34,39,42-43H,8-9,17-19H2,1-4H3,(H,37,40)(H,38,41)/b22-16+/t29-,31+,34+,35-,36+/m0/s1. The molecule has 3 aromatic rings. The molecule has 2 aliphatic rings. The highest BCUT2D eigenvalue weighted by Crippen LogP contribution is 2.68. The lowest BCUT2D eigenvalue weighted by atomic mass is 9.75. The van der Waals surface area contributed by atoms with Crippen LogP contribution in [-0.4, -0.2) is 74.3 Å².